The number of rotatable bonds is 8. The Bertz CT molecular complexity index is 1560. The van der Waals surface area contributed by atoms with Crippen LogP contribution in [0.3, 0.4) is 0 Å². The number of non-ortho nitro benzene ring substituents is 1. The smallest absolute Gasteiger partial charge is 0.269 e. The highest BCUT2D eigenvalue weighted by Crippen LogP contribution is 2.42. The molecule has 0 spiro atoms. The Morgan fingerprint density at radius 3 is 2.36 bits per heavy atom. The van der Waals surface area contributed by atoms with E-state index in [4.69, 9.17) is 18.0 Å². The van der Waals surface area contributed by atoms with Crippen LogP contribution in [0, 0.1) is 21.4 Å². The zero-order valence-corrected chi connectivity index (χ0v) is 18.7. The topological polar surface area (TPSA) is 128 Å². The van der Waals surface area contributed by atoms with Gasteiger partial charge in [0.1, 0.15) is 29.7 Å². The van der Waals surface area contributed by atoms with Crippen molar-refractivity contribution in [3.63, 3.8) is 0 Å². The highest BCUT2D eigenvalue weighted by atomic mass is 16.6. The van der Waals surface area contributed by atoms with E-state index in [-0.39, 0.29) is 23.7 Å². The van der Waals surface area contributed by atoms with E-state index < -0.39 is 4.92 Å². The zero-order valence-electron chi connectivity index (χ0n) is 18.7. The van der Waals surface area contributed by atoms with Gasteiger partial charge in [-0.2, -0.15) is 5.26 Å². The standard InChI is InChI=1S/C27H17N3O6/c28-15-21-25(23-7-3-13-33-23)26(24-8-4-14-34-24)36-27(21)29-16-19-5-1-2-6-22(19)35-17-18-9-11-20(12-10-18)30(31)32/h1-14,16H,17H2. The first kappa shape index (κ1) is 22.4. The van der Waals surface area contributed by atoms with Crippen LogP contribution < -0.4 is 4.74 Å². The summed E-state index contributed by atoms with van der Waals surface area (Å²) in [7, 11) is 0. The van der Waals surface area contributed by atoms with Gasteiger partial charge in [-0.25, -0.2) is 4.99 Å². The molecule has 3 heterocycles. The van der Waals surface area contributed by atoms with E-state index in [0.717, 1.165) is 5.56 Å². The molecule has 36 heavy (non-hydrogen) atoms. The van der Waals surface area contributed by atoms with Crippen molar-refractivity contribution in [2.45, 2.75) is 6.61 Å². The van der Waals surface area contributed by atoms with Gasteiger partial charge in [0.2, 0.25) is 5.88 Å². The molecule has 0 aliphatic rings. The molecule has 0 saturated heterocycles. The number of ether oxygens (including phenoxy) is 1. The van der Waals surface area contributed by atoms with Gasteiger partial charge in [0, 0.05) is 23.9 Å². The summed E-state index contributed by atoms with van der Waals surface area (Å²) in [5.74, 6) is 1.87. The van der Waals surface area contributed by atoms with Crippen LogP contribution in [0.1, 0.15) is 16.7 Å². The van der Waals surface area contributed by atoms with Gasteiger partial charge >= 0.3 is 0 Å². The SMILES string of the molecule is N#Cc1c(N=Cc2ccccc2OCc2ccc([N+](=O)[O-])cc2)oc(-c2ccco2)c1-c1ccco1. The highest BCUT2D eigenvalue weighted by molar-refractivity contribution is 5.89. The highest BCUT2D eigenvalue weighted by Gasteiger charge is 2.26. The maximum Gasteiger partial charge on any atom is 0.269 e. The number of benzene rings is 2. The lowest BCUT2D eigenvalue weighted by molar-refractivity contribution is -0.384. The molecular formula is C27H17N3O6. The summed E-state index contributed by atoms with van der Waals surface area (Å²) < 4.78 is 22.9. The molecule has 3 aromatic heterocycles. The molecule has 0 aliphatic carbocycles. The zero-order chi connectivity index (χ0) is 24.9. The fraction of sp³-hybridized carbons (Fsp3) is 0.0370. The van der Waals surface area contributed by atoms with Gasteiger partial charge in [-0.1, -0.05) is 12.1 Å². The van der Waals surface area contributed by atoms with Gasteiger partial charge in [0.05, 0.1) is 23.0 Å². The lowest BCUT2D eigenvalue weighted by Crippen LogP contribution is -1.98. The Kier molecular flexibility index (Phi) is 6.15. The maximum absolute atomic E-state index is 10.8. The summed E-state index contributed by atoms with van der Waals surface area (Å²) in [6.07, 6.45) is 4.57. The number of hydrogen-bond donors (Lipinski definition) is 0. The summed E-state index contributed by atoms with van der Waals surface area (Å²) >= 11 is 0. The molecule has 0 fully saturated rings. The fourth-order valence-electron chi connectivity index (χ4n) is 3.57. The normalized spacial score (nSPS) is 11.0. The third-order valence-electron chi connectivity index (χ3n) is 5.30. The summed E-state index contributed by atoms with van der Waals surface area (Å²) in [6.45, 7) is 0.207. The number of furan rings is 3. The lowest BCUT2D eigenvalue weighted by Gasteiger charge is -2.08. The summed E-state index contributed by atoms with van der Waals surface area (Å²) in [6, 6.07) is 22.4. The molecule has 2 aromatic carbocycles. The van der Waals surface area contributed by atoms with Crippen molar-refractivity contribution in [1.29, 1.82) is 5.26 Å². The van der Waals surface area contributed by atoms with Gasteiger partial charge in [-0.3, -0.25) is 10.1 Å². The molecule has 0 radical (unpaired) electrons. The van der Waals surface area contributed by atoms with Gasteiger partial charge < -0.3 is 18.0 Å². The van der Waals surface area contributed by atoms with E-state index in [1.807, 2.05) is 18.2 Å². The largest absolute Gasteiger partial charge is 0.488 e. The molecule has 0 saturated carbocycles. The van der Waals surface area contributed by atoms with E-state index in [9.17, 15) is 15.4 Å². The van der Waals surface area contributed by atoms with Gasteiger partial charge in [-0.05, 0) is 54.1 Å². The number of nitrogens with zero attached hydrogens (tertiary/aromatic N) is 3. The second-order valence-corrected chi connectivity index (χ2v) is 7.56. The van der Waals surface area contributed by atoms with Crippen molar-refractivity contribution in [2.24, 2.45) is 4.99 Å². The van der Waals surface area contributed by atoms with Crippen LogP contribution in [0.2, 0.25) is 0 Å². The van der Waals surface area contributed by atoms with Crippen molar-refractivity contribution in [3.8, 4) is 34.7 Å². The predicted molar refractivity (Wildman–Crippen MR) is 130 cm³/mol. The van der Waals surface area contributed by atoms with E-state index >= 15 is 0 Å². The molecule has 0 amide bonds. The van der Waals surface area contributed by atoms with Gasteiger partial charge in [-0.15, -0.1) is 0 Å². The molecular weight excluding hydrogens is 462 g/mol. The molecule has 9 nitrogen and oxygen atoms in total. The first-order valence-electron chi connectivity index (χ1n) is 10.8. The minimum atomic E-state index is -0.449. The third kappa shape index (κ3) is 4.51. The molecule has 0 bridgehead atoms. The van der Waals surface area contributed by atoms with E-state index in [2.05, 4.69) is 11.1 Å². The molecule has 176 valence electrons. The number of nitro groups is 1. The summed E-state index contributed by atoms with van der Waals surface area (Å²) in [5.41, 5.74) is 2.10. The Labute approximate surface area is 204 Å². The van der Waals surface area contributed by atoms with Crippen LogP contribution >= 0.6 is 0 Å². The number of hydrogen-bond acceptors (Lipinski definition) is 8. The van der Waals surface area contributed by atoms with Gasteiger partial charge in [0.15, 0.2) is 11.5 Å². The third-order valence-corrected chi connectivity index (χ3v) is 5.30. The average molecular weight is 479 g/mol. The molecule has 5 rings (SSSR count). The van der Waals surface area contributed by atoms with Gasteiger partial charge in [0.25, 0.3) is 5.69 Å². The number of para-hydroxylation sites is 1. The van der Waals surface area contributed by atoms with Crippen molar-refractivity contribution in [3.05, 3.63) is 112 Å². The Hall–Kier alpha value is -5.36. The molecule has 5 aromatic rings. The molecule has 0 unspecified atom stereocenters. The maximum atomic E-state index is 10.8. The van der Waals surface area contributed by atoms with Crippen LogP contribution in [0.25, 0.3) is 22.8 Å². The summed E-state index contributed by atoms with van der Waals surface area (Å²) in [4.78, 5) is 14.8. The van der Waals surface area contributed by atoms with Crippen LogP contribution in [0.5, 0.6) is 5.75 Å². The Morgan fingerprint density at radius 2 is 1.69 bits per heavy atom. The van der Waals surface area contributed by atoms with Crippen molar-refractivity contribution in [1.82, 2.24) is 0 Å². The second kappa shape index (κ2) is 9.87. The minimum absolute atomic E-state index is 0.0147. The van der Waals surface area contributed by atoms with Crippen molar-refractivity contribution in [2.75, 3.05) is 0 Å². The average Bonchev–Trinajstić information content (AvgIpc) is 3.67. The number of aliphatic imine (C=N–C) groups is 1. The van der Waals surface area contributed by atoms with Crippen molar-refractivity contribution >= 4 is 17.8 Å². The quantitative estimate of drug-likeness (QED) is 0.134. The predicted octanol–water partition coefficient (Wildman–Crippen LogP) is 6.91. The van der Waals surface area contributed by atoms with E-state index in [1.54, 1.807) is 48.7 Å². The van der Waals surface area contributed by atoms with E-state index in [1.165, 1.54) is 24.7 Å². The second-order valence-electron chi connectivity index (χ2n) is 7.56. The molecule has 0 N–H and O–H groups in total. The first-order chi connectivity index (χ1) is 17.6. The lowest BCUT2D eigenvalue weighted by atomic mass is 10.1. The molecule has 0 atom stereocenters. The van der Waals surface area contributed by atoms with E-state index in [0.29, 0.717) is 34.2 Å². The Balaban J connectivity index is 1.44. The first-order valence-corrected chi connectivity index (χ1v) is 10.8. The number of nitro benzene ring substituents is 1. The minimum Gasteiger partial charge on any atom is -0.488 e. The fourth-order valence-corrected chi connectivity index (χ4v) is 3.57. The number of nitriles is 1. The molecule has 9 heteroatoms. The van der Waals surface area contributed by atoms with Crippen LogP contribution in [-0.4, -0.2) is 11.1 Å². The van der Waals surface area contributed by atoms with Crippen LogP contribution in [0.15, 0.2) is 104 Å². The Morgan fingerprint density at radius 1 is 0.972 bits per heavy atom. The monoisotopic (exact) mass is 479 g/mol. The summed E-state index contributed by atoms with van der Waals surface area (Å²) in [5, 5.41) is 20.8. The van der Waals surface area contributed by atoms with Crippen molar-refractivity contribution < 1.29 is 22.9 Å². The van der Waals surface area contributed by atoms with Crippen LogP contribution in [-0.2, 0) is 6.61 Å². The van der Waals surface area contributed by atoms with Crippen LogP contribution in [0.4, 0.5) is 11.6 Å². The molecule has 0 aliphatic heterocycles.